The molecule has 1 atom stereocenters. The van der Waals surface area contributed by atoms with E-state index in [2.05, 4.69) is 10.0 Å². The topological polar surface area (TPSA) is 98.7 Å². The van der Waals surface area contributed by atoms with Gasteiger partial charge in [-0.25, -0.2) is 8.42 Å². The van der Waals surface area contributed by atoms with Gasteiger partial charge in [0.2, 0.25) is 0 Å². The first kappa shape index (κ1) is 23.4. The van der Waals surface area contributed by atoms with Gasteiger partial charge in [0.05, 0.1) is 41.1 Å². The van der Waals surface area contributed by atoms with Gasteiger partial charge < -0.3 is 15.3 Å². The second-order valence-corrected chi connectivity index (χ2v) is 10.2. The van der Waals surface area contributed by atoms with E-state index in [1.807, 2.05) is 59.5 Å². The van der Waals surface area contributed by atoms with Gasteiger partial charge in [-0.1, -0.05) is 72.8 Å². The third kappa shape index (κ3) is 4.89. The fraction of sp³-hybridized carbons (Fsp3) is 0.107. The molecule has 3 N–H and O–H groups in total. The van der Waals surface area contributed by atoms with E-state index in [4.69, 9.17) is 0 Å². The minimum absolute atomic E-state index is 0.105. The zero-order valence-electron chi connectivity index (χ0n) is 19.3. The van der Waals surface area contributed by atoms with Gasteiger partial charge in [-0.05, 0) is 47.0 Å². The van der Waals surface area contributed by atoms with Crippen LogP contribution >= 0.6 is 0 Å². The second kappa shape index (κ2) is 9.75. The fourth-order valence-electron chi connectivity index (χ4n) is 4.43. The zero-order valence-corrected chi connectivity index (χ0v) is 20.2. The summed E-state index contributed by atoms with van der Waals surface area (Å²) in [4.78, 5) is 13.9. The smallest absolute Gasteiger partial charge is 0.305 e. The number of anilines is 3. The normalized spacial score (nSPS) is 13.5. The molecule has 0 amide bonds. The van der Waals surface area contributed by atoms with Crippen LogP contribution in [0.3, 0.4) is 0 Å². The molecule has 1 aliphatic heterocycles. The van der Waals surface area contributed by atoms with Crippen LogP contribution in [-0.2, 0) is 14.8 Å². The summed E-state index contributed by atoms with van der Waals surface area (Å²) in [6, 6.07) is 30.8. The van der Waals surface area contributed by atoms with Crippen LogP contribution in [-0.4, -0.2) is 26.2 Å². The summed E-state index contributed by atoms with van der Waals surface area (Å²) >= 11 is 0. The molecule has 4 aromatic carbocycles. The van der Waals surface area contributed by atoms with Crippen molar-refractivity contribution in [1.82, 2.24) is 0 Å². The SMILES string of the molecule is O=C(O)CC(c1ccc(-c2ccccc2)cc1)N1CNc2ccc(NS(=O)(=O)c3ccccc3)cc21. The number of nitrogens with one attached hydrogen (secondary N) is 2. The fourth-order valence-corrected chi connectivity index (χ4v) is 5.50. The average Bonchev–Trinajstić information content (AvgIpc) is 3.31. The van der Waals surface area contributed by atoms with Crippen LogP contribution in [0.25, 0.3) is 11.1 Å². The Hall–Kier alpha value is -4.30. The molecule has 1 unspecified atom stereocenters. The zero-order chi connectivity index (χ0) is 25.1. The Bertz CT molecular complexity index is 1470. The molecular weight excluding hydrogens is 474 g/mol. The highest BCUT2D eigenvalue weighted by molar-refractivity contribution is 7.92. The lowest BCUT2D eigenvalue weighted by molar-refractivity contribution is -0.137. The number of nitrogens with zero attached hydrogens (tertiary/aromatic N) is 1. The molecule has 1 aliphatic rings. The minimum Gasteiger partial charge on any atom is -0.481 e. The number of rotatable bonds is 8. The highest BCUT2D eigenvalue weighted by atomic mass is 32.2. The van der Waals surface area contributed by atoms with Crippen LogP contribution in [0.2, 0.25) is 0 Å². The monoisotopic (exact) mass is 499 g/mol. The Kier molecular flexibility index (Phi) is 6.35. The number of aliphatic carboxylic acids is 1. The van der Waals surface area contributed by atoms with Gasteiger partial charge in [0.1, 0.15) is 0 Å². The number of sulfonamides is 1. The lowest BCUT2D eigenvalue weighted by Crippen LogP contribution is -2.30. The molecule has 0 saturated heterocycles. The summed E-state index contributed by atoms with van der Waals surface area (Å²) in [6.07, 6.45) is -0.105. The van der Waals surface area contributed by atoms with Crippen molar-refractivity contribution in [2.24, 2.45) is 0 Å². The molecule has 8 heteroatoms. The van der Waals surface area contributed by atoms with Gasteiger partial charge >= 0.3 is 5.97 Å². The van der Waals surface area contributed by atoms with Crippen molar-refractivity contribution in [2.45, 2.75) is 17.4 Å². The molecule has 182 valence electrons. The summed E-state index contributed by atoms with van der Waals surface area (Å²) in [5.74, 6) is -0.915. The summed E-state index contributed by atoms with van der Waals surface area (Å²) < 4.78 is 28.3. The maximum atomic E-state index is 12.8. The Morgan fingerprint density at radius 1 is 0.889 bits per heavy atom. The molecular formula is C28H25N3O4S. The Morgan fingerprint density at radius 3 is 2.19 bits per heavy atom. The first-order valence-electron chi connectivity index (χ1n) is 11.5. The van der Waals surface area contributed by atoms with E-state index >= 15 is 0 Å². The maximum absolute atomic E-state index is 12.8. The molecule has 0 saturated carbocycles. The Morgan fingerprint density at radius 2 is 1.53 bits per heavy atom. The molecule has 7 nitrogen and oxygen atoms in total. The maximum Gasteiger partial charge on any atom is 0.305 e. The summed E-state index contributed by atoms with van der Waals surface area (Å²) in [7, 11) is -3.75. The number of benzene rings is 4. The predicted molar refractivity (Wildman–Crippen MR) is 142 cm³/mol. The largest absolute Gasteiger partial charge is 0.481 e. The molecule has 0 fully saturated rings. The molecule has 4 aromatic rings. The van der Waals surface area contributed by atoms with Crippen molar-refractivity contribution in [3.63, 3.8) is 0 Å². The Labute approximate surface area is 210 Å². The van der Waals surface area contributed by atoms with Crippen molar-refractivity contribution in [1.29, 1.82) is 0 Å². The second-order valence-electron chi connectivity index (χ2n) is 8.56. The van der Waals surface area contributed by atoms with Crippen LogP contribution in [0.4, 0.5) is 17.1 Å². The van der Waals surface area contributed by atoms with Crippen molar-refractivity contribution in [2.75, 3.05) is 21.6 Å². The molecule has 0 radical (unpaired) electrons. The number of fused-ring (bicyclic) bond motifs is 1. The van der Waals surface area contributed by atoms with E-state index in [0.29, 0.717) is 12.4 Å². The highest BCUT2D eigenvalue weighted by Crippen LogP contribution is 2.41. The van der Waals surface area contributed by atoms with Crippen LogP contribution in [0.1, 0.15) is 18.0 Å². The number of carbonyl (C=O) groups is 1. The third-order valence-corrected chi connectivity index (χ3v) is 7.60. The van der Waals surface area contributed by atoms with Gasteiger partial charge in [0.25, 0.3) is 10.0 Å². The van der Waals surface area contributed by atoms with Crippen molar-refractivity contribution >= 4 is 33.1 Å². The number of carboxylic acids is 1. The van der Waals surface area contributed by atoms with Crippen LogP contribution < -0.4 is 14.9 Å². The number of hydrogen-bond donors (Lipinski definition) is 3. The summed E-state index contributed by atoms with van der Waals surface area (Å²) in [5, 5.41) is 13.0. The van der Waals surface area contributed by atoms with E-state index < -0.39 is 22.0 Å². The number of carboxylic acid groups (broad SMARTS) is 1. The van der Waals surface area contributed by atoms with Gasteiger partial charge in [0.15, 0.2) is 0 Å². The van der Waals surface area contributed by atoms with E-state index in [1.54, 1.807) is 36.4 Å². The van der Waals surface area contributed by atoms with Gasteiger partial charge in [-0.15, -0.1) is 0 Å². The van der Waals surface area contributed by atoms with E-state index in [1.165, 1.54) is 12.1 Å². The lowest BCUT2D eigenvalue weighted by Gasteiger charge is -2.29. The molecule has 0 aliphatic carbocycles. The van der Waals surface area contributed by atoms with Crippen LogP contribution in [0.5, 0.6) is 0 Å². The quantitative estimate of drug-likeness (QED) is 0.294. The van der Waals surface area contributed by atoms with Crippen molar-refractivity contribution in [3.05, 3.63) is 109 Å². The summed E-state index contributed by atoms with van der Waals surface area (Å²) in [6.45, 7) is 0.405. The van der Waals surface area contributed by atoms with Crippen molar-refractivity contribution < 1.29 is 18.3 Å². The minimum atomic E-state index is -3.75. The molecule has 0 spiro atoms. The van der Waals surface area contributed by atoms with Crippen LogP contribution in [0, 0.1) is 0 Å². The van der Waals surface area contributed by atoms with Crippen LogP contribution in [0.15, 0.2) is 108 Å². The first-order chi connectivity index (χ1) is 17.4. The van der Waals surface area contributed by atoms with E-state index in [0.717, 1.165) is 28.1 Å². The van der Waals surface area contributed by atoms with E-state index in [-0.39, 0.29) is 11.3 Å². The standard InChI is InChI=1S/C28H25N3O4S/c32-28(33)18-26(22-13-11-21(12-14-22)20-7-3-1-4-8-20)31-19-29-25-16-15-23(17-27(25)31)30-36(34,35)24-9-5-2-6-10-24/h1-17,26,29-30H,18-19H2,(H,32,33). The van der Waals surface area contributed by atoms with Crippen molar-refractivity contribution in [3.8, 4) is 11.1 Å². The van der Waals surface area contributed by atoms with Gasteiger partial charge in [-0.2, -0.15) is 0 Å². The molecule has 36 heavy (non-hydrogen) atoms. The highest BCUT2D eigenvalue weighted by Gasteiger charge is 2.29. The lowest BCUT2D eigenvalue weighted by atomic mass is 9.98. The van der Waals surface area contributed by atoms with Gasteiger partial charge in [0, 0.05) is 0 Å². The third-order valence-electron chi connectivity index (χ3n) is 6.20. The summed E-state index contributed by atoms with van der Waals surface area (Å²) in [5.41, 5.74) is 4.95. The molecule has 1 heterocycles. The number of hydrogen-bond acceptors (Lipinski definition) is 5. The molecule has 0 aromatic heterocycles. The molecule has 0 bridgehead atoms. The predicted octanol–water partition coefficient (Wildman–Crippen LogP) is 5.56. The van der Waals surface area contributed by atoms with Gasteiger partial charge in [-0.3, -0.25) is 9.52 Å². The molecule has 5 rings (SSSR count). The first-order valence-corrected chi connectivity index (χ1v) is 13.0. The Balaban J connectivity index is 1.45. The van der Waals surface area contributed by atoms with E-state index in [9.17, 15) is 18.3 Å². The average molecular weight is 500 g/mol.